The number of amides is 1. The molecule has 0 radical (unpaired) electrons. The molecule has 24 heavy (non-hydrogen) atoms. The van der Waals surface area contributed by atoms with E-state index >= 15 is 0 Å². The van der Waals surface area contributed by atoms with Gasteiger partial charge in [-0.2, -0.15) is 0 Å². The summed E-state index contributed by atoms with van der Waals surface area (Å²) < 4.78 is 10.5. The van der Waals surface area contributed by atoms with Crippen molar-refractivity contribution in [3.63, 3.8) is 0 Å². The van der Waals surface area contributed by atoms with Gasteiger partial charge in [-0.05, 0) is 50.2 Å². The van der Waals surface area contributed by atoms with E-state index in [0.717, 1.165) is 5.75 Å². The number of hydrogen-bond donors (Lipinski definition) is 2. The van der Waals surface area contributed by atoms with Crippen LogP contribution in [-0.2, 0) is 4.74 Å². The van der Waals surface area contributed by atoms with E-state index in [-0.39, 0.29) is 17.7 Å². The van der Waals surface area contributed by atoms with Crippen LogP contribution in [0.25, 0.3) is 0 Å². The number of hydrogen-bond acceptors (Lipinski definition) is 6. The topological polar surface area (TPSA) is 85.4 Å². The third-order valence-electron chi connectivity index (χ3n) is 2.99. The predicted octanol–water partition coefficient (Wildman–Crippen LogP) is 2.57. The summed E-state index contributed by atoms with van der Waals surface area (Å²) in [6.45, 7) is 5.12. The van der Waals surface area contributed by atoms with Crippen LogP contribution in [-0.4, -0.2) is 42.5 Å². The second-order valence-electron chi connectivity index (χ2n) is 5.37. The summed E-state index contributed by atoms with van der Waals surface area (Å²) in [5, 5.41) is 13.7. The van der Waals surface area contributed by atoms with Gasteiger partial charge in [0, 0.05) is 19.3 Å². The molecule has 7 nitrogen and oxygen atoms in total. The van der Waals surface area contributed by atoms with E-state index in [9.17, 15) is 4.79 Å². The van der Waals surface area contributed by atoms with Crippen molar-refractivity contribution in [1.29, 1.82) is 0 Å². The zero-order chi connectivity index (χ0) is 17.4. The summed E-state index contributed by atoms with van der Waals surface area (Å²) in [6.07, 6.45) is 0.108. The summed E-state index contributed by atoms with van der Waals surface area (Å²) in [5.41, 5.74) is 0.912. The molecule has 1 aromatic heterocycles. The van der Waals surface area contributed by atoms with E-state index in [0.29, 0.717) is 24.7 Å². The van der Waals surface area contributed by atoms with Crippen LogP contribution in [0.4, 0.5) is 11.5 Å². The van der Waals surface area contributed by atoms with Crippen LogP contribution in [0, 0.1) is 0 Å². The van der Waals surface area contributed by atoms with E-state index in [1.807, 2.05) is 26.0 Å². The molecule has 7 heteroatoms. The minimum Gasteiger partial charge on any atom is -0.491 e. The Bertz CT molecular complexity index is 642. The van der Waals surface area contributed by atoms with Crippen molar-refractivity contribution in [3.8, 4) is 5.75 Å². The van der Waals surface area contributed by atoms with Gasteiger partial charge in [0.15, 0.2) is 5.69 Å². The molecule has 0 unspecified atom stereocenters. The van der Waals surface area contributed by atoms with Crippen LogP contribution in [0.1, 0.15) is 24.3 Å². The number of rotatable bonds is 8. The minimum absolute atomic E-state index is 0.108. The van der Waals surface area contributed by atoms with Crippen molar-refractivity contribution < 1.29 is 14.3 Å². The standard InChI is InChI=1S/C17H22N4O3/c1-12(2)24-14-6-4-13(5-7-14)19-17(22)15-8-9-16(21-20-15)18-10-11-23-3/h4-9,12H,10-11H2,1-3H3,(H,18,21)(H,19,22). The van der Waals surface area contributed by atoms with Crippen molar-refractivity contribution in [3.05, 3.63) is 42.1 Å². The van der Waals surface area contributed by atoms with E-state index < -0.39 is 0 Å². The number of benzene rings is 1. The van der Waals surface area contributed by atoms with Crippen LogP contribution in [0.15, 0.2) is 36.4 Å². The number of ether oxygens (including phenoxy) is 2. The molecule has 0 aliphatic heterocycles. The zero-order valence-corrected chi connectivity index (χ0v) is 14.1. The number of anilines is 2. The normalized spacial score (nSPS) is 10.5. The maximum absolute atomic E-state index is 12.2. The van der Waals surface area contributed by atoms with Crippen molar-refractivity contribution >= 4 is 17.4 Å². The van der Waals surface area contributed by atoms with Crippen molar-refractivity contribution in [2.24, 2.45) is 0 Å². The lowest BCUT2D eigenvalue weighted by molar-refractivity contribution is 0.102. The third-order valence-corrected chi connectivity index (χ3v) is 2.99. The van der Waals surface area contributed by atoms with Gasteiger partial charge in [0.05, 0.1) is 12.7 Å². The number of aromatic nitrogens is 2. The molecule has 0 saturated carbocycles. The van der Waals surface area contributed by atoms with Crippen LogP contribution in [0.3, 0.4) is 0 Å². The molecule has 1 aromatic carbocycles. The highest BCUT2D eigenvalue weighted by Crippen LogP contribution is 2.17. The summed E-state index contributed by atoms with van der Waals surface area (Å²) in [5.74, 6) is 1.04. The van der Waals surface area contributed by atoms with Crippen LogP contribution in [0.2, 0.25) is 0 Å². The molecule has 0 spiro atoms. The Morgan fingerprint density at radius 1 is 1.12 bits per heavy atom. The molecule has 2 aromatic rings. The molecule has 1 heterocycles. The highest BCUT2D eigenvalue weighted by Gasteiger charge is 2.09. The molecular weight excluding hydrogens is 308 g/mol. The Balaban J connectivity index is 1.91. The second kappa shape index (κ2) is 8.83. The maximum atomic E-state index is 12.2. The monoisotopic (exact) mass is 330 g/mol. The Kier molecular flexibility index (Phi) is 6.51. The quantitative estimate of drug-likeness (QED) is 0.724. The van der Waals surface area contributed by atoms with E-state index in [1.165, 1.54) is 0 Å². The molecule has 0 aliphatic carbocycles. The van der Waals surface area contributed by atoms with Gasteiger partial charge in [-0.1, -0.05) is 0 Å². The summed E-state index contributed by atoms with van der Waals surface area (Å²) in [4.78, 5) is 12.2. The van der Waals surface area contributed by atoms with Gasteiger partial charge in [-0.15, -0.1) is 10.2 Å². The SMILES string of the molecule is COCCNc1ccc(C(=O)Nc2ccc(OC(C)C)cc2)nn1. The number of nitrogens with zero attached hydrogens (tertiary/aromatic N) is 2. The van der Waals surface area contributed by atoms with Gasteiger partial charge in [-0.3, -0.25) is 4.79 Å². The molecular formula is C17H22N4O3. The molecule has 0 fully saturated rings. The highest BCUT2D eigenvalue weighted by atomic mass is 16.5. The molecule has 128 valence electrons. The molecule has 0 bridgehead atoms. The Labute approximate surface area is 141 Å². The first-order chi connectivity index (χ1) is 11.6. The average molecular weight is 330 g/mol. The highest BCUT2D eigenvalue weighted by molar-refractivity contribution is 6.02. The Morgan fingerprint density at radius 3 is 2.46 bits per heavy atom. The van der Waals surface area contributed by atoms with Crippen molar-refractivity contribution in [1.82, 2.24) is 10.2 Å². The lowest BCUT2D eigenvalue weighted by atomic mass is 10.3. The van der Waals surface area contributed by atoms with Gasteiger partial charge in [-0.25, -0.2) is 0 Å². The second-order valence-corrected chi connectivity index (χ2v) is 5.37. The fourth-order valence-electron chi connectivity index (χ4n) is 1.91. The fourth-order valence-corrected chi connectivity index (χ4v) is 1.91. The lowest BCUT2D eigenvalue weighted by Crippen LogP contribution is -2.15. The maximum Gasteiger partial charge on any atom is 0.276 e. The average Bonchev–Trinajstić information content (AvgIpc) is 2.57. The van der Waals surface area contributed by atoms with E-state index in [4.69, 9.17) is 9.47 Å². The van der Waals surface area contributed by atoms with Crippen LogP contribution in [0.5, 0.6) is 5.75 Å². The number of carbonyl (C=O) groups excluding carboxylic acids is 1. The summed E-state index contributed by atoms with van der Waals surface area (Å²) in [6, 6.07) is 10.5. The molecule has 0 atom stereocenters. The molecule has 2 N–H and O–H groups in total. The first kappa shape index (κ1) is 17.7. The fraction of sp³-hybridized carbons (Fsp3) is 0.353. The zero-order valence-electron chi connectivity index (χ0n) is 14.1. The van der Waals surface area contributed by atoms with Gasteiger partial charge in [0.1, 0.15) is 11.6 Å². The first-order valence-electron chi connectivity index (χ1n) is 7.73. The summed E-state index contributed by atoms with van der Waals surface area (Å²) in [7, 11) is 1.63. The van der Waals surface area contributed by atoms with Crippen LogP contribution >= 0.6 is 0 Å². The predicted molar refractivity (Wildman–Crippen MR) is 92.6 cm³/mol. The van der Waals surface area contributed by atoms with Gasteiger partial charge in [0.25, 0.3) is 5.91 Å². The first-order valence-corrected chi connectivity index (χ1v) is 7.73. The Hall–Kier alpha value is -2.67. The molecule has 2 rings (SSSR count). The third kappa shape index (κ3) is 5.51. The Morgan fingerprint density at radius 2 is 1.88 bits per heavy atom. The number of carbonyl (C=O) groups is 1. The molecule has 1 amide bonds. The summed E-state index contributed by atoms with van der Waals surface area (Å²) >= 11 is 0. The van der Waals surface area contributed by atoms with Gasteiger partial charge >= 0.3 is 0 Å². The largest absolute Gasteiger partial charge is 0.491 e. The van der Waals surface area contributed by atoms with Gasteiger partial charge < -0.3 is 20.1 Å². The number of methoxy groups -OCH3 is 1. The van der Waals surface area contributed by atoms with E-state index in [1.54, 1.807) is 31.4 Å². The van der Waals surface area contributed by atoms with Crippen molar-refractivity contribution in [2.75, 3.05) is 30.9 Å². The minimum atomic E-state index is -0.316. The van der Waals surface area contributed by atoms with Gasteiger partial charge in [0.2, 0.25) is 0 Å². The van der Waals surface area contributed by atoms with Crippen molar-refractivity contribution in [2.45, 2.75) is 20.0 Å². The lowest BCUT2D eigenvalue weighted by Gasteiger charge is -2.10. The molecule has 0 saturated heterocycles. The number of nitrogens with one attached hydrogen (secondary N) is 2. The van der Waals surface area contributed by atoms with Crippen LogP contribution < -0.4 is 15.4 Å². The van der Waals surface area contributed by atoms with E-state index in [2.05, 4.69) is 20.8 Å². The molecule has 0 aliphatic rings. The smallest absolute Gasteiger partial charge is 0.276 e.